The number of hydrogen-bond donors (Lipinski definition) is 0. The Morgan fingerprint density at radius 1 is 1.38 bits per heavy atom. The average Bonchev–Trinajstić information content (AvgIpc) is 2.16. The fourth-order valence-corrected chi connectivity index (χ4v) is 3.09. The van der Waals surface area contributed by atoms with E-state index in [4.69, 9.17) is 4.18 Å². The van der Waals surface area contributed by atoms with Crippen LogP contribution in [0.25, 0.3) is 0 Å². The van der Waals surface area contributed by atoms with E-state index >= 15 is 0 Å². The van der Waals surface area contributed by atoms with Crippen LogP contribution in [-0.2, 0) is 27.1 Å². The second-order valence-electron chi connectivity index (χ2n) is 4.08. The number of halogens is 1. The molecule has 0 saturated carbocycles. The molecule has 0 saturated heterocycles. The standard InChI is InChI=1S/C11H13BrO3S/c1-16(13,14)15-11-5-3-8-6-10(12)4-2-9(8)7-11/h2,4,6,11H,3,5,7H2,1H3. The van der Waals surface area contributed by atoms with Gasteiger partial charge in [0.15, 0.2) is 0 Å². The monoisotopic (exact) mass is 304 g/mol. The maximum atomic E-state index is 11.0. The highest BCUT2D eigenvalue weighted by molar-refractivity contribution is 9.10. The van der Waals surface area contributed by atoms with Crippen LogP contribution in [0.5, 0.6) is 0 Å². The van der Waals surface area contributed by atoms with Gasteiger partial charge >= 0.3 is 0 Å². The minimum absolute atomic E-state index is 0.205. The van der Waals surface area contributed by atoms with Crippen molar-refractivity contribution in [3.63, 3.8) is 0 Å². The Morgan fingerprint density at radius 3 is 2.81 bits per heavy atom. The van der Waals surface area contributed by atoms with Crippen molar-refractivity contribution in [1.82, 2.24) is 0 Å². The zero-order valence-corrected chi connectivity index (χ0v) is 11.3. The van der Waals surface area contributed by atoms with Gasteiger partial charge in [-0.05, 0) is 36.1 Å². The van der Waals surface area contributed by atoms with E-state index in [0.29, 0.717) is 6.42 Å². The maximum Gasteiger partial charge on any atom is 0.264 e. The summed E-state index contributed by atoms with van der Waals surface area (Å²) in [5.74, 6) is 0. The molecule has 0 aliphatic heterocycles. The van der Waals surface area contributed by atoms with Crippen LogP contribution in [0.1, 0.15) is 17.5 Å². The summed E-state index contributed by atoms with van der Waals surface area (Å²) in [5, 5.41) is 0. The van der Waals surface area contributed by atoms with Crippen molar-refractivity contribution in [1.29, 1.82) is 0 Å². The van der Waals surface area contributed by atoms with Crippen LogP contribution in [0.15, 0.2) is 22.7 Å². The smallest absolute Gasteiger partial charge is 0.264 e. The third-order valence-corrected chi connectivity index (χ3v) is 3.78. The van der Waals surface area contributed by atoms with E-state index in [0.717, 1.165) is 23.6 Å². The number of fused-ring (bicyclic) bond motifs is 1. The summed E-state index contributed by atoms with van der Waals surface area (Å²) in [6, 6.07) is 6.09. The first-order valence-corrected chi connectivity index (χ1v) is 7.70. The van der Waals surface area contributed by atoms with Crippen molar-refractivity contribution in [2.45, 2.75) is 25.4 Å². The largest absolute Gasteiger partial charge is 0.267 e. The quantitative estimate of drug-likeness (QED) is 0.787. The van der Waals surface area contributed by atoms with Crippen molar-refractivity contribution in [3.05, 3.63) is 33.8 Å². The highest BCUT2D eigenvalue weighted by atomic mass is 79.9. The molecule has 88 valence electrons. The van der Waals surface area contributed by atoms with Crippen LogP contribution in [-0.4, -0.2) is 20.8 Å². The number of hydrogen-bond acceptors (Lipinski definition) is 3. The van der Waals surface area contributed by atoms with E-state index in [1.807, 2.05) is 12.1 Å². The van der Waals surface area contributed by atoms with E-state index in [-0.39, 0.29) is 6.10 Å². The molecule has 1 aromatic rings. The Kier molecular flexibility index (Phi) is 3.37. The Labute approximate surface area is 104 Å². The van der Waals surface area contributed by atoms with Crippen LogP contribution in [0.4, 0.5) is 0 Å². The molecule has 0 fully saturated rings. The second-order valence-corrected chi connectivity index (χ2v) is 6.59. The van der Waals surface area contributed by atoms with Gasteiger partial charge in [0.05, 0.1) is 12.4 Å². The van der Waals surface area contributed by atoms with Crippen molar-refractivity contribution in [2.24, 2.45) is 0 Å². The van der Waals surface area contributed by atoms with Crippen LogP contribution in [0.2, 0.25) is 0 Å². The molecule has 2 rings (SSSR count). The number of rotatable bonds is 2. The van der Waals surface area contributed by atoms with Gasteiger partial charge in [0.25, 0.3) is 10.1 Å². The Balaban J connectivity index is 2.15. The summed E-state index contributed by atoms with van der Waals surface area (Å²) >= 11 is 3.43. The normalized spacial score (nSPS) is 20.5. The lowest BCUT2D eigenvalue weighted by atomic mass is 9.90. The summed E-state index contributed by atoms with van der Waals surface area (Å²) < 4.78 is 28.2. The molecule has 1 aliphatic rings. The molecule has 0 N–H and O–H groups in total. The molecular formula is C11H13BrO3S. The third kappa shape index (κ3) is 3.06. The molecular weight excluding hydrogens is 292 g/mol. The molecule has 1 atom stereocenters. The van der Waals surface area contributed by atoms with Crippen molar-refractivity contribution >= 4 is 26.0 Å². The highest BCUT2D eigenvalue weighted by Gasteiger charge is 2.22. The molecule has 1 unspecified atom stereocenters. The molecule has 0 heterocycles. The molecule has 1 aromatic carbocycles. The van der Waals surface area contributed by atoms with Crippen LogP contribution < -0.4 is 0 Å². The summed E-state index contributed by atoms with van der Waals surface area (Å²) in [5.41, 5.74) is 2.46. The fraction of sp³-hybridized carbons (Fsp3) is 0.455. The summed E-state index contributed by atoms with van der Waals surface area (Å²) in [6.07, 6.45) is 3.20. The van der Waals surface area contributed by atoms with Gasteiger partial charge in [0.1, 0.15) is 0 Å². The van der Waals surface area contributed by atoms with Gasteiger partial charge in [-0.2, -0.15) is 8.42 Å². The van der Waals surface area contributed by atoms with Gasteiger partial charge in [0, 0.05) is 10.9 Å². The van der Waals surface area contributed by atoms with Crippen LogP contribution in [0, 0.1) is 0 Å². The van der Waals surface area contributed by atoms with E-state index in [1.54, 1.807) is 0 Å². The molecule has 5 heteroatoms. The van der Waals surface area contributed by atoms with Gasteiger partial charge in [-0.25, -0.2) is 0 Å². The van der Waals surface area contributed by atoms with Crippen molar-refractivity contribution in [2.75, 3.05) is 6.26 Å². The molecule has 0 aromatic heterocycles. The van der Waals surface area contributed by atoms with Gasteiger partial charge in [-0.3, -0.25) is 4.18 Å². The first-order valence-electron chi connectivity index (χ1n) is 5.09. The predicted octanol–water partition coefficient (Wildman–Crippen LogP) is 2.28. The fourth-order valence-electron chi connectivity index (χ4n) is 2.02. The van der Waals surface area contributed by atoms with Gasteiger partial charge < -0.3 is 0 Å². The zero-order valence-electron chi connectivity index (χ0n) is 8.94. The van der Waals surface area contributed by atoms with Crippen molar-refractivity contribution < 1.29 is 12.6 Å². The third-order valence-electron chi connectivity index (χ3n) is 2.66. The Morgan fingerprint density at radius 2 is 2.12 bits per heavy atom. The topological polar surface area (TPSA) is 43.4 Å². The molecule has 1 aliphatic carbocycles. The molecule has 16 heavy (non-hydrogen) atoms. The minimum Gasteiger partial charge on any atom is -0.267 e. The molecule has 0 amide bonds. The lowest BCUT2D eigenvalue weighted by molar-refractivity contribution is 0.194. The zero-order chi connectivity index (χ0) is 11.8. The van der Waals surface area contributed by atoms with Crippen LogP contribution >= 0.6 is 15.9 Å². The summed E-state index contributed by atoms with van der Waals surface area (Å²) in [4.78, 5) is 0. The molecule has 0 spiro atoms. The van der Waals surface area contributed by atoms with Gasteiger partial charge in [-0.1, -0.05) is 22.0 Å². The van der Waals surface area contributed by atoms with E-state index in [9.17, 15) is 8.42 Å². The van der Waals surface area contributed by atoms with E-state index in [1.165, 1.54) is 11.1 Å². The Bertz CT molecular complexity index is 496. The number of aryl methyl sites for hydroxylation is 1. The van der Waals surface area contributed by atoms with Crippen molar-refractivity contribution in [3.8, 4) is 0 Å². The van der Waals surface area contributed by atoms with Gasteiger partial charge in [-0.15, -0.1) is 0 Å². The first-order chi connectivity index (χ1) is 7.44. The molecule has 0 bridgehead atoms. The lowest BCUT2D eigenvalue weighted by Crippen LogP contribution is -2.25. The molecule has 3 nitrogen and oxygen atoms in total. The highest BCUT2D eigenvalue weighted by Crippen LogP contribution is 2.26. The average molecular weight is 305 g/mol. The lowest BCUT2D eigenvalue weighted by Gasteiger charge is -2.23. The van der Waals surface area contributed by atoms with Gasteiger partial charge in [0.2, 0.25) is 0 Å². The summed E-state index contributed by atoms with van der Waals surface area (Å²) in [7, 11) is -3.34. The number of benzene rings is 1. The maximum absolute atomic E-state index is 11.0. The minimum atomic E-state index is -3.34. The first kappa shape index (κ1) is 12.1. The predicted molar refractivity (Wildman–Crippen MR) is 65.9 cm³/mol. The second kappa shape index (κ2) is 4.47. The van der Waals surface area contributed by atoms with E-state index < -0.39 is 10.1 Å². The Hall–Kier alpha value is -0.390. The van der Waals surface area contributed by atoms with E-state index in [2.05, 4.69) is 22.0 Å². The summed E-state index contributed by atoms with van der Waals surface area (Å²) in [6.45, 7) is 0. The van der Waals surface area contributed by atoms with Crippen LogP contribution in [0.3, 0.4) is 0 Å². The SMILES string of the molecule is CS(=O)(=O)OC1CCc2cc(Br)ccc2C1. The molecule has 0 radical (unpaired) electrons.